The zero-order valence-electron chi connectivity index (χ0n) is 30.8. The van der Waals surface area contributed by atoms with E-state index < -0.39 is 0 Å². The van der Waals surface area contributed by atoms with Gasteiger partial charge in [-0.15, -0.1) is 0 Å². The van der Waals surface area contributed by atoms with Gasteiger partial charge in [-0.3, -0.25) is 0 Å². The predicted molar refractivity (Wildman–Crippen MR) is 234 cm³/mol. The first-order valence-corrected chi connectivity index (χ1v) is 19.2. The van der Waals surface area contributed by atoms with E-state index >= 15 is 0 Å². The lowest BCUT2D eigenvalue weighted by Crippen LogP contribution is -2.01. The molecule has 0 aliphatic carbocycles. The molecule has 8 aromatic carbocycles. The second-order valence-electron chi connectivity index (χ2n) is 14.2. The zero-order valence-corrected chi connectivity index (χ0v) is 30.8. The minimum atomic E-state index is 0.615. The Bertz CT molecular complexity index is 3270. The Morgan fingerprint density at radius 3 is 1.49 bits per heavy atom. The number of rotatable bonds is 6. The molecule has 0 fully saturated rings. The summed E-state index contributed by atoms with van der Waals surface area (Å²) < 4.78 is 2.37. The minimum absolute atomic E-state index is 0.615. The maximum Gasteiger partial charge on any atom is 0.164 e. The van der Waals surface area contributed by atoms with Crippen molar-refractivity contribution in [3.05, 3.63) is 200 Å². The molecular formula is C52H33N5. The first kappa shape index (κ1) is 32.7. The summed E-state index contributed by atoms with van der Waals surface area (Å²) in [6, 6.07) is 69.6. The van der Waals surface area contributed by atoms with Crippen LogP contribution in [0, 0.1) is 0 Å². The Balaban J connectivity index is 1.15. The van der Waals surface area contributed by atoms with Crippen LogP contribution in [0.2, 0.25) is 0 Å². The van der Waals surface area contributed by atoms with E-state index in [1.807, 2.05) is 36.4 Å². The van der Waals surface area contributed by atoms with Gasteiger partial charge in [-0.25, -0.2) is 19.9 Å². The van der Waals surface area contributed by atoms with E-state index in [4.69, 9.17) is 19.9 Å². The highest BCUT2D eigenvalue weighted by Gasteiger charge is 2.23. The number of pyridine rings is 1. The fourth-order valence-corrected chi connectivity index (χ4v) is 8.21. The highest BCUT2D eigenvalue weighted by molar-refractivity contribution is 6.24. The van der Waals surface area contributed by atoms with Crippen LogP contribution in [-0.4, -0.2) is 24.5 Å². The molecule has 0 radical (unpaired) electrons. The molecule has 3 heterocycles. The molecule has 5 heteroatoms. The van der Waals surface area contributed by atoms with Gasteiger partial charge in [0.25, 0.3) is 0 Å². The molecular weight excluding hydrogens is 695 g/mol. The molecule has 0 aliphatic heterocycles. The van der Waals surface area contributed by atoms with Gasteiger partial charge in [0.05, 0.1) is 22.2 Å². The van der Waals surface area contributed by atoms with Gasteiger partial charge in [0, 0.05) is 44.1 Å². The Labute approximate surface area is 329 Å². The number of para-hydroxylation sites is 3. The molecule has 11 rings (SSSR count). The number of hydrogen-bond acceptors (Lipinski definition) is 4. The second-order valence-corrected chi connectivity index (χ2v) is 14.2. The largest absolute Gasteiger partial charge is 0.307 e. The summed E-state index contributed by atoms with van der Waals surface area (Å²) >= 11 is 0. The van der Waals surface area contributed by atoms with E-state index in [2.05, 4.69) is 168 Å². The van der Waals surface area contributed by atoms with Crippen molar-refractivity contribution in [2.45, 2.75) is 0 Å². The van der Waals surface area contributed by atoms with Crippen molar-refractivity contribution in [2.75, 3.05) is 0 Å². The monoisotopic (exact) mass is 727 g/mol. The average molecular weight is 728 g/mol. The average Bonchev–Trinajstić information content (AvgIpc) is 3.65. The summed E-state index contributed by atoms with van der Waals surface area (Å²) in [6.07, 6.45) is 0. The summed E-state index contributed by atoms with van der Waals surface area (Å²) in [6.45, 7) is 0. The third-order valence-corrected chi connectivity index (χ3v) is 10.9. The maximum absolute atomic E-state index is 5.48. The van der Waals surface area contributed by atoms with Gasteiger partial charge >= 0.3 is 0 Å². The number of benzene rings is 8. The van der Waals surface area contributed by atoms with Crippen LogP contribution in [0.4, 0.5) is 0 Å². The van der Waals surface area contributed by atoms with Crippen molar-refractivity contribution in [1.82, 2.24) is 24.5 Å². The first-order chi connectivity index (χ1) is 28.3. The fraction of sp³-hybridized carbons (Fsp3) is 0. The third-order valence-electron chi connectivity index (χ3n) is 10.9. The molecule has 0 spiro atoms. The molecule has 11 aromatic rings. The fourth-order valence-electron chi connectivity index (χ4n) is 8.21. The van der Waals surface area contributed by atoms with Crippen LogP contribution < -0.4 is 0 Å². The van der Waals surface area contributed by atoms with Gasteiger partial charge in [-0.2, -0.15) is 0 Å². The van der Waals surface area contributed by atoms with Gasteiger partial charge in [0.15, 0.2) is 17.5 Å². The summed E-state index contributed by atoms with van der Waals surface area (Å²) in [5, 5.41) is 5.62. The molecule has 0 unspecified atom stereocenters. The summed E-state index contributed by atoms with van der Waals surface area (Å²) in [5.41, 5.74) is 11.3. The summed E-state index contributed by atoms with van der Waals surface area (Å²) in [7, 11) is 0. The van der Waals surface area contributed by atoms with E-state index in [0.717, 1.165) is 71.9 Å². The van der Waals surface area contributed by atoms with Crippen LogP contribution >= 0.6 is 0 Å². The number of fused-ring (bicyclic) bond motifs is 6. The lowest BCUT2D eigenvalue weighted by atomic mass is 9.95. The molecule has 0 amide bonds. The quantitative estimate of drug-likeness (QED) is 0.171. The smallest absolute Gasteiger partial charge is 0.164 e. The second kappa shape index (κ2) is 13.5. The van der Waals surface area contributed by atoms with Crippen LogP contribution in [0.25, 0.3) is 106 Å². The number of aromatic nitrogens is 5. The summed E-state index contributed by atoms with van der Waals surface area (Å²) in [5.74, 6) is 1.86. The highest BCUT2D eigenvalue weighted by atomic mass is 15.0. The lowest BCUT2D eigenvalue weighted by molar-refractivity contribution is 1.08. The normalized spacial score (nSPS) is 11.5. The Hall–Kier alpha value is -7.76. The van der Waals surface area contributed by atoms with Crippen molar-refractivity contribution < 1.29 is 0 Å². The van der Waals surface area contributed by atoms with Crippen molar-refractivity contribution in [1.29, 1.82) is 0 Å². The lowest BCUT2D eigenvalue weighted by Gasteiger charge is -2.16. The molecule has 0 N–H and O–H groups in total. The van der Waals surface area contributed by atoms with Crippen molar-refractivity contribution in [3.8, 4) is 62.2 Å². The molecule has 0 atom stereocenters. The molecule has 0 saturated carbocycles. The Morgan fingerprint density at radius 1 is 0.316 bits per heavy atom. The number of hydrogen-bond donors (Lipinski definition) is 0. The minimum Gasteiger partial charge on any atom is -0.307 e. The number of nitrogens with zero attached hydrogens (tertiary/aromatic N) is 5. The molecule has 0 bridgehead atoms. The van der Waals surface area contributed by atoms with Crippen LogP contribution in [0.15, 0.2) is 200 Å². The maximum atomic E-state index is 5.48. The van der Waals surface area contributed by atoms with Crippen LogP contribution in [-0.2, 0) is 0 Å². The van der Waals surface area contributed by atoms with E-state index in [9.17, 15) is 0 Å². The molecule has 0 aliphatic rings. The Kier molecular flexibility index (Phi) is 7.74. The Morgan fingerprint density at radius 2 is 0.789 bits per heavy atom. The SMILES string of the molecule is c1ccc(-c2ccc(-c3nc(-c4ccccc4)nc(-c4ccc(-c5nc6ccccc6c6c7ccccc7n(-c7ccccc7)c56)c5ccccc45)n3)cc2)cc1. The van der Waals surface area contributed by atoms with Crippen molar-refractivity contribution in [3.63, 3.8) is 0 Å². The van der Waals surface area contributed by atoms with Gasteiger partial charge in [0.1, 0.15) is 0 Å². The van der Waals surface area contributed by atoms with Gasteiger partial charge in [0.2, 0.25) is 0 Å². The van der Waals surface area contributed by atoms with E-state index in [1.165, 1.54) is 16.3 Å². The molecule has 0 saturated heterocycles. The molecule has 3 aromatic heterocycles. The highest BCUT2D eigenvalue weighted by Crippen LogP contribution is 2.44. The molecule has 5 nitrogen and oxygen atoms in total. The van der Waals surface area contributed by atoms with Gasteiger partial charge < -0.3 is 4.57 Å². The van der Waals surface area contributed by atoms with Crippen LogP contribution in [0.5, 0.6) is 0 Å². The standard InChI is InChI=1S/C52H33N5/c1-4-16-34(17-5-1)35-28-30-37(31-29-35)51-54-50(36-18-6-2-7-19-36)55-52(56-51)42-33-32-41(39-22-10-11-23-40(39)42)48-49-47(43-24-12-14-26-45(43)53-48)44-25-13-15-27-46(44)57(49)38-20-8-3-9-21-38/h1-33H. The van der Waals surface area contributed by atoms with E-state index in [1.54, 1.807) is 0 Å². The zero-order chi connectivity index (χ0) is 37.7. The van der Waals surface area contributed by atoms with E-state index in [0.29, 0.717) is 17.5 Å². The van der Waals surface area contributed by atoms with Gasteiger partial charge in [-0.1, -0.05) is 170 Å². The van der Waals surface area contributed by atoms with Gasteiger partial charge in [-0.05, 0) is 52.2 Å². The van der Waals surface area contributed by atoms with Crippen LogP contribution in [0.3, 0.4) is 0 Å². The van der Waals surface area contributed by atoms with Crippen molar-refractivity contribution in [2.24, 2.45) is 0 Å². The first-order valence-electron chi connectivity index (χ1n) is 19.2. The molecule has 57 heavy (non-hydrogen) atoms. The summed E-state index contributed by atoms with van der Waals surface area (Å²) in [4.78, 5) is 20.9. The van der Waals surface area contributed by atoms with Crippen LogP contribution in [0.1, 0.15) is 0 Å². The van der Waals surface area contributed by atoms with E-state index in [-0.39, 0.29) is 0 Å². The predicted octanol–water partition coefficient (Wildman–Crippen LogP) is 13.0. The topological polar surface area (TPSA) is 56.5 Å². The molecule has 266 valence electrons. The van der Waals surface area contributed by atoms with Crippen molar-refractivity contribution >= 4 is 43.5 Å². The third kappa shape index (κ3) is 5.56.